The number of nitrogens with zero attached hydrogens (tertiary/aromatic N) is 3. The van der Waals surface area contributed by atoms with Crippen molar-refractivity contribution in [2.75, 3.05) is 38.0 Å². The number of aryl methyl sites for hydroxylation is 1. The van der Waals surface area contributed by atoms with Crippen LogP contribution < -0.4 is 10.1 Å². The van der Waals surface area contributed by atoms with Crippen molar-refractivity contribution in [3.63, 3.8) is 0 Å². The van der Waals surface area contributed by atoms with Crippen molar-refractivity contribution in [2.24, 2.45) is 0 Å². The number of nitrogens with one attached hydrogen (secondary N) is 1. The average molecular weight is 451 g/mol. The van der Waals surface area contributed by atoms with Gasteiger partial charge in [-0.05, 0) is 43.3 Å². The van der Waals surface area contributed by atoms with Gasteiger partial charge in [0, 0.05) is 42.8 Å². The second-order valence-corrected chi connectivity index (χ2v) is 8.72. The molecule has 1 aliphatic rings. The molecule has 166 valence electrons. The molecule has 0 aliphatic carbocycles. The number of carbonyl (C=O) groups is 2. The highest BCUT2D eigenvalue weighted by Gasteiger charge is 2.23. The quantitative estimate of drug-likeness (QED) is 0.597. The maximum Gasteiger partial charge on any atom is 0.253 e. The van der Waals surface area contributed by atoms with E-state index < -0.39 is 0 Å². The highest BCUT2D eigenvalue weighted by molar-refractivity contribution is 7.09. The Morgan fingerprint density at radius 1 is 1.03 bits per heavy atom. The lowest BCUT2D eigenvalue weighted by atomic mass is 10.1. The van der Waals surface area contributed by atoms with Crippen molar-refractivity contribution in [1.29, 1.82) is 0 Å². The number of benzene rings is 2. The minimum atomic E-state index is -0.0422. The van der Waals surface area contributed by atoms with Gasteiger partial charge < -0.3 is 15.0 Å². The fourth-order valence-corrected chi connectivity index (χ4v) is 4.14. The van der Waals surface area contributed by atoms with E-state index >= 15 is 0 Å². The fraction of sp³-hybridized carbons (Fsp3) is 0.292. The Labute approximate surface area is 191 Å². The van der Waals surface area contributed by atoms with Crippen molar-refractivity contribution in [1.82, 2.24) is 14.8 Å². The average Bonchev–Trinajstić information content (AvgIpc) is 3.24. The summed E-state index contributed by atoms with van der Waals surface area (Å²) in [6.07, 6.45) is 0. The van der Waals surface area contributed by atoms with Crippen LogP contribution in [0.2, 0.25) is 0 Å². The molecule has 7 nitrogen and oxygen atoms in total. The van der Waals surface area contributed by atoms with Crippen molar-refractivity contribution in [3.05, 3.63) is 76.2 Å². The van der Waals surface area contributed by atoms with Gasteiger partial charge in [-0.15, -0.1) is 11.3 Å². The van der Waals surface area contributed by atoms with Crippen LogP contribution in [0.4, 0.5) is 5.69 Å². The minimum absolute atomic E-state index is 0.0000585. The molecule has 1 fully saturated rings. The van der Waals surface area contributed by atoms with Crippen molar-refractivity contribution >= 4 is 28.8 Å². The molecule has 1 saturated heterocycles. The van der Waals surface area contributed by atoms with E-state index in [9.17, 15) is 9.59 Å². The summed E-state index contributed by atoms with van der Waals surface area (Å²) in [7, 11) is 0. The molecule has 32 heavy (non-hydrogen) atoms. The highest BCUT2D eigenvalue weighted by atomic mass is 32.1. The van der Waals surface area contributed by atoms with Gasteiger partial charge >= 0.3 is 0 Å². The number of aromatic nitrogens is 1. The summed E-state index contributed by atoms with van der Waals surface area (Å²) in [6, 6.07) is 16.6. The van der Waals surface area contributed by atoms with Gasteiger partial charge in [0.15, 0.2) is 0 Å². The van der Waals surface area contributed by atoms with E-state index in [2.05, 4.69) is 15.2 Å². The third kappa shape index (κ3) is 5.93. The zero-order valence-corrected chi connectivity index (χ0v) is 18.8. The van der Waals surface area contributed by atoms with Gasteiger partial charge in [0.1, 0.15) is 12.4 Å². The number of hydrogen-bond acceptors (Lipinski definition) is 6. The Morgan fingerprint density at radius 3 is 2.41 bits per heavy atom. The van der Waals surface area contributed by atoms with Crippen LogP contribution in [0.5, 0.6) is 5.75 Å². The van der Waals surface area contributed by atoms with Crippen LogP contribution in [-0.4, -0.2) is 59.3 Å². The molecular formula is C24H26N4O3S. The number of thiazole rings is 1. The standard InChI is InChI=1S/C24H26N4O3S/c1-18-25-21(17-32-18)16-31-22-9-7-19(8-10-22)24(30)28-13-11-27(12-14-28)15-23(29)26-20-5-3-2-4-6-20/h2-10,17H,11-16H2,1H3,(H,26,29). The SMILES string of the molecule is Cc1nc(COc2ccc(C(=O)N3CCN(CC(=O)Nc4ccccc4)CC3)cc2)cs1. The zero-order valence-electron chi connectivity index (χ0n) is 18.0. The topological polar surface area (TPSA) is 74.8 Å². The summed E-state index contributed by atoms with van der Waals surface area (Å²) < 4.78 is 5.75. The minimum Gasteiger partial charge on any atom is -0.487 e. The number of amides is 2. The summed E-state index contributed by atoms with van der Waals surface area (Å²) in [5, 5.41) is 5.90. The molecule has 0 spiro atoms. The van der Waals surface area contributed by atoms with E-state index in [4.69, 9.17) is 4.74 Å². The fourth-order valence-electron chi connectivity index (χ4n) is 3.54. The monoisotopic (exact) mass is 450 g/mol. The van der Waals surface area contributed by atoms with E-state index in [1.165, 1.54) is 0 Å². The van der Waals surface area contributed by atoms with Gasteiger partial charge in [-0.3, -0.25) is 14.5 Å². The van der Waals surface area contributed by atoms with Gasteiger partial charge in [-0.25, -0.2) is 4.98 Å². The molecule has 1 aromatic heterocycles. The second kappa shape index (κ2) is 10.4. The molecule has 2 amide bonds. The van der Waals surface area contributed by atoms with Gasteiger partial charge in [0.05, 0.1) is 17.2 Å². The Kier molecular flexibility index (Phi) is 7.14. The third-order valence-corrected chi connectivity index (χ3v) is 6.06. The number of para-hydroxylation sites is 1. The maximum atomic E-state index is 12.8. The van der Waals surface area contributed by atoms with Crippen LogP contribution in [0.3, 0.4) is 0 Å². The zero-order chi connectivity index (χ0) is 22.3. The van der Waals surface area contributed by atoms with Crippen molar-refractivity contribution in [3.8, 4) is 5.75 Å². The number of ether oxygens (including phenoxy) is 1. The maximum absolute atomic E-state index is 12.8. The Bertz CT molecular complexity index is 1040. The van der Waals surface area contributed by atoms with Crippen LogP contribution in [-0.2, 0) is 11.4 Å². The lowest BCUT2D eigenvalue weighted by Gasteiger charge is -2.34. The van der Waals surface area contributed by atoms with Crippen LogP contribution in [0.1, 0.15) is 21.1 Å². The molecule has 2 aromatic carbocycles. The molecule has 4 rings (SSSR count). The Hall–Kier alpha value is -3.23. The number of hydrogen-bond donors (Lipinski definition) is 1. The van der Waals surface area contributed by atoms with Crippen LogP contribution in [0, 0.1) is 6.92 Å². The molecular weight excluding hydrogens is 424 g/mol. The molecule has 0 bridgehead atoms. The lowest BCUT2D eigenvalue weighted by molar-refractivity contribution is -0.117. The van der Waals surface area contributed by atoms with E-state index in [1.807, 2.05) is 59.7 Å². The second-order valence-electron chi connectivity index (χ2n) is 7.65. The van der Waals surface area contributed by atoms with Gasteiger partial charge in [0.2, 0.25) is 5.91 Å². The number of rotatable bonds is 7. The predicted octanol–water partition coefficient (Wildman–Crippen LogP) is 3.43. The van der Waals surface area contributed by atoms with E-state index in [0.717, 1.165) is 16.4 Å². The highest BCUT2D eigenvalue weighted by Crippen LogP contribution is 2.17. The first-order valence-corrected chi connectivity index (χ1v) is 11.5. The van der Waals surface area contributed by atoms with Crippen LogP contribution in [0.25, 0.3) is 0 Å². The van der Waals surface area contributed by atoms with Gasteiger partial charge in [-0.2, -0.15) is 0 Å². The van der Waals surface area contributed by atoms with Gasteiger partial charge in [-0.1, -0.05) is 18.2 Å². The molecule has 0 unspecified atom stereocenters. The lowest BCUT2D eigenvalue weighted by Crippen LogP contribution is -2.50. The van der Waals surface area contributed by atoms with E-state index in [0.29, 0.717) is 50.6 Å². The first-order chi connectivity index (χ1) is 15.6. The number of carbonyl (C=O) groups excluding carboxylic acids is 2. The molecule has 3 aromatic rings. The van der Waals surface area contributed by atoms with E-state index in [-0.39, 0.29) is 11.8 Å². The van der Waals surface area contributed by atoms with Crippen molar-refractivity contribution < 1.29 is 14.3 Å². The summed E-state index contributed by atoms with van der Waals surface area (Å²) in [5.41, 5.74) is 2.33. The summed E-state index contributed by atoms with van der Waals surface area (Å²) >= 11 is 1.60. The molecule has 0 radical (unpaired) electrons. The molecule has 2 heterocycles. The smallest absolute Gasteiger partial charge is 0.253 e. The van der Waals surface area contributed by atoms with Crippen LogP contribution >= 0.6 is 11.3 Å². The summed E-state index contributed by atoms with van der Waals surface area (Å²) in [5.74, 6) is 0.667. The first kappa shape index (κ1) is 22.0. The van der Waals surface area contributed by atoms with E-state index in [1.54, 1.807) is 23.5 Å². The normalized spacial score (nSPS) is 14.2. The number of piperazine rings is 1. The van der Waals surface area contributed by atoms with Gasteiger partial charge in [0.25, 0.3) is 5.91 Å². The summed E-state index contributed by atoms with van der Waals surface area (Å²) in [6.45, 7) is 5.23. The third-order valence-electron chi connectivity index (χ3n) is 5.24. The first-order valence-electron chi connectivity index (χ1n) is 10.6. The molecule has 0 atom stereocenters. The Morgan fingerprint density at radius 2 is 1.75 bits per heavy atom. The van der Waals surface area contributed by atoms with Crippen LogP contribution in [0.15, 0.2) is 60.0 Å². The Balaban J connectivity index is 1.22. The molecule has 1 N–H and O–H groups in total. The summed E-state index contributed by atoms with van der Waals surface area (Å²) in [4.78, 5) is 33.4. The molecule has 1 aliphatic heterocycles. The van der Waals surface area contributed by atoms with Crippen molar-refractivity contribution in [2.45, 2.75) is 13.5 Å². The number of anilines is 1. The largest absolute Gasteiger partial charge is 0.487 e. The molecule has 0 saturated carbocycles. The predicted molar refractivity (Wildman–Crippen MR) is 125 cm³/mol. The molecule has 8 heteroatoms.